The van der Waals surface area contributed by atoms with Gasteiger partial charge < -0.3 is 4.43 Å². The van der Waals surface area contributed by atoms with Gasteiger partial charge >= 0.3 is 0 Å². The van der Waals surface area contributed by atoms with Crippen LogP contribution < -0.4 is 0 Å². The molecule has 0 aromatic rings. The second kappa shape index (κ2) is 7.83. The van der Waals surface area contributed by atoms with Gasteiger partial charge in [0.2, 0.25) is 0 Å². The van der Waals surface area contributed by atoms with Gasteiger partial charge in [0.15, 0.2) is 8.32 Å². The monoisotopic (exact) mass is 444 g/mol. The largest absolute Gasteiger partial charge is 0.413 e. The van der Waals surface area contributed by atoms with E-state index < -0.39 is 8.32 Å². The van der Waals surface area contributed by atoms with Gasteiger partial charge in [0.1, 0.15) is 5.78 Å². The molecular formula is C28H48O2Si. The molecule has 0 N–H and O–H groups in total. The average molecular weight is 445 g/mol. The van der Waals surface area contributed by atoms with Gasteiger partial charge in [-0.2, -0.15) is 0 Å². The number of carbonyl (C=O) groups excluding carboxylic acids is 1. The van der Waals surface area contributed by atoms with Crippen molar-refractivity contribution in [1.82, 2.24) is 0 Å². The Bertz CT molecular complexity index is 721. The van der Waals surface area contributed by atoms with Crippen molar-refractivity contribution in [2.45, 2.75) is 117 Å². The van der Waals surface area contributed by atoms with Gasteiger partial charge in [0, 0.05) is 12.8 Å². The van der Waals surface area contributed by atoms with Crippen molar-refractivity contribution in [2.75, 3.05) is 0 Å². The minimum Gasteiger partial charge on any atom is -0.413 e. The van der Waals surface area contributed by atoms with Crippen molar-refractivity contribution >= 4 is 14.1 Å². The minimum atomic E-state index is -1.77. The highest BCUT2D eigenvalue weighted by atomic mass is 28.4. The standard InChI is InChI=1S/C28H48O2Si/c1-9-10-19-17-20-18-21(29)13-15-27(20,5)23-14-16-28(6)22(25(19)23)11-12-24(28)30-31(7,8)26(2,3)4/h9,19-20,22-25H,1,10-18H2,2-8H3/t19-,20?,22+,23+,24+,25+,27+,28+/m1/s1. The first-order valence-corrected chi connectivity index (χ1v) is 16.0. The fourth-order valence-electron chi connectivity index (χ4n) is 8.35. The van der Waals surface area contributed by atoms with E-state index in [1.165, 1.54) is 32.1 Å². The lowest BCUT2D eigenvalue weighted by Gasteiger charge is -2.62. The van der Waals surface area contributed by atoms with Crippen LogP contribution in [0.15, 0.2) is 12.7 Å². The summed E-state index contributed by atoms with van der Waals surface area (Å²) >= 11 is 0. The molecule has 4 fully saturated rings. The normalized spacial score (nSPS) is 45.6. The summed E-state index contributed by atoms with van der Waals surface area (Å²) in [5.41, 5.74) is 0.694. The summed E-state index contributed by atoms with van der Waals surface area (Å²) in [6, 6.07) is 0. The molecule has 4 aliphatic carbocycles. The summed E-state index contributed by atoms with van der Waals surface area (Å²) < 4.78 is 7.13. The lowest BCUT2D eigenvalue weighted by atomic mass is 9.42. The van der Waals surface area contributed by atoms with Crippen LogP contribution in [-0.2, 0) is 9.22 Å². The van der Waals surface area contributed by atoms with E-state index in [4.69, 9.17) is 4.43 Å². The van der Waals surface area contributed by atoms with E-state index in [0.717, 1.165) is 43.4 Å². The second-order valence-corrected chi connectivity index (χ2v) is 18.5. The summed E-state index contributed by atoms with van der Waals surface area (Å²) in [7, 11) is -1.77. The highest BCUT2D eigenvalue weighted by molar-refractivity contribution is 6.74. The second-order valence-electron chi connectivity index (χ2n) is 13.7. The molecule has 0 aromatic carbocycles. The molecule has 3 heteroatoms. The molecule has 8 atom stereocenters. The third-order valence-corrected chi connectivity index (χ3v) is 15.8. The van der Waals surface area contributed by atoms with Gasteiger partial charge in [-0.3, -0.25) is 4.79 Å². The number of carbonyl (C=O) groups is 1. The zero-order valence-corrected chi connectivity index (χ0v) is 22.4. The lowest BCUT2D eigenvalue weighted by Crippen LogP contribution is -2.58. The van der Waals surface area contributed by atoms with E-state index >= 15 is 0 Å². The number of hydrogen-bond donors (Lipinski definition) is 0. The van der Waals surface area contributed by atoms with E-state index in [-0.39, 0.29) is 5.04 Å². The van der Waals surface area contributed by atoms with Crippen LogP contribution in [0.3, 0.4) is 0 Å². The zero-order chi connectivity index (χ0) is 22.8. The molecule has 0 amide bonds. The lowest BCUT2D eigenvalue weighted by molar-refractivity contribution is -0.154. The van der Waals surface area contributed by atoms with Crippen LogP contribution in [-0.4, -0.2) is 20.2 Å². The predicted octanol–water partition coefficient (Wildman–Crippen LogP) is 7.79. The molecule has 0 saturated heterocycles. The van der Waals surface area contributed by atoms with E-state index in [0.29, 0.717) is 34.6 Å². The van der Waals surface area contributed by atoms with Crippen molar-refractivity contribution in [1.29, 1.82) is 0 Å². The number of rotatable bonds is 4. The molecule has 0 heterocycles. The van der Waals surface area contributed by atoms with Crippen LogP contribution in [0.4, 0.5) is 0 Å². The first-order valence-electron chi connectivity index (χ1n) is 13.1. The van der Waals surface area contributed by atoms with Crippen molar-refractivity contribution in [3.8, 4) is 0 Å². The van der Waals surface area contributed by atoms with Gasteiger partial charge in [0.25, 0.3) is 0 Å². The van der Waals surface area contributed by atoms with Gasteiger partial charge in [0.05, 0.1) is 6.10 Å². The van der Waals surface area contributed by atoms with E-state index in [1.54, 1.807) is 0 Å². The molecule has 0 radical (unpaired) electrons. The van der Waals surface area contributed by atoms with Crippen molar-refractivity contribution in [3.05, 3.63) is 12.7 Å². The Labute approximate surface area is 193 Å². The molecule has 1 unspecified atom stereocenters. The third-order valence-electron chi connectivity index (χ3n) is 11.3. The first kappa shape index (κ1) is 23.7. The van der Waals surface area contributed by atoms with E-state index in [9.17, 15) is 4.79 Å². The summed E-state index contributed by atoms with van der Waals surface area (Å²) in [6.07, 6.45) is 13.0. The molecule has 4 saturated carbocycles. The van der Waals surface area contributed by atoms with E-state index in [2.05, 4.69) is 60.4 Å². The number of hydrogen-bond acceptors (Lipinski definition) is 2. The van der Waals surface area contributed by atoms with Gasteiger partial charge in [-0.15, -0.1) is 6.58 Å². The molecule has 0 aliphatic heterocycles. The Morgan fingerprint density at radius 2 is 1.77 bits per heavy atom. The Morgan fingerprint density at radius 3 is 2.42 bits per heavy atom. The van der Waals surface area contributed by atoms with E-state index in [1.807, 2.05) is 0 Å². The number of ketones is 1. The number of allylic oxidation sites excluding steroid dienone is 1. The molecule has 176 valence electrons. The van der Waals surface area contributed by atoms with Crippen LogP contribution in [0.25, 0.3) is 0 Å². The van der Waals surface area contributed by atoms with Gasteiger partial charge in [-0.1, -0.05) is 40.7 Å². The molecule has 0 aromatic heterocycles. The molecule has 0 bridgehead atoms. The molecular weight excluding hydrogens is 396 g/mol. The van der Waals surface area contributed by atoms with Crippen LogP contribution >= 0.6 is 0 Å². The summed E-state index contributed by atoms with van der Waals surface area (Å²) in [5, 5.41) is 0.268. The highest BCUT2D eigenvalue weighted by Gasteiger charge is 2.63. The average Bonchev–Trinajstić information content (AvgIpc) is 2.98. The smallest absolute Gasteiger partial charge is 0.192 e. The fourth-order valence-corrected chi connectivity index (χ4v) is 9.81. The van der Waals surface area contributed by atoms with Gasteiger partial charge in [-0.25, -0.2) is 0 Å². The maximum absolute atomic E-state index is 12.3. The van der Waals surface area contributed by atoms with Gasteiger partial charge in [-0.05, 0) is 103 Å². The summed E-state index contributed by atoms with van der Waals surface area (Å²) in [6.45, 7) is 21.3. The highest BCUT2D eigenvalue weighted by Crippen LogP contribution is 2.68. The topological polar surface area (TPSA) is 26.3 Å². The van der Waals surface area contributed by atoms with Crippen LogP contribution in [0.2, 0.25) is 18.1 Å². The molecule has 2 nitrogen and oxygen atoms in total. The van der Waals surface area contributed by atoms with Crippen molar-refractivity contribution in [3.63, 3.8) is 0 Å². The van der Waals surface area contributed by atoms with Crippen LogP contribution in [0.1, 0.15) is 92.4 Å². The van der Waals surface area contributed by atoms with Crippen molar-refractivity contribution in [2.24, 2.45) is 40.4 Å². The Balaban J connectivity index is 1.63. The minimum absolute atomic E-state index is 0.268. The number of Topliss-reactive ketones (excluding diaryl/α,β-unsaturated/α-hetero) is 1. The Hall–Kier alpha value is -0.413. The Kier molecular flexibility index (Phi) is 5.99. The predicted molar refractivity (Wildman–Crippen MR) is 132 cm³/mol. The molecule has 0 spiro atoms. The maximum Gasteiger partial charge on any atom is 0.192 e. The van der Waals surface area contributed by atoms with Crippen LogP contribution in [0, 0.1) is 40.4 Å². The van der Waals surface area contributed by atoms with Crippen LogP contribution in [0.5, 0.6) is 0 Å². The first-order chi connectivity index (χ1) is 14.3. The van der Waals surface area contributed by atoms with Crippen molar-refractivity contribution < 1.29 is 9.22 Å². The molecule has 4 aliphatic rings. The third kappa shape index (κ3) is 3.74. The quantitative estimate of drug-likeness (QED) is 0.327. The zero-order valence-electron chi connectivity index (χ0n) is 21.4. The molecule has 31 heavy (non-hydrogen) atoms. The fraction of sp³-hybridized carbons (Fsp3) is 0.893. The number of fused-ring (bicyclic) bond motifs is 5. The molecule has 4 rings (SSSR count). The summed E-state index contributed by atoms with van der Waals surface area (Å²) in [4.78, 5) is 12.3. The SMILES string of the molecule is C=CC[C@@H]1CC2CC(=O)CC[C@]2(C)[C@H]2CC[C@]3(C)[C@@H](O[Si](C)(C)C(C)(C)C)CC[C@H]3[C@H]12. The summed E-state index contributed by atoms with van der Waals surface area (Å²) in [5.74, 6) is 4.19. The maximum atomic E-state index is 12.3. The Morgan fingerprint density at radius 1 is 1.10 bits per heavy atom.